The molecule has 1 atom stereocenters. The predicted molar refractivity (Wildman–Crippen MR) is 71.5 cm³/mol. The molecule has 1 aromatic heterocycles. The fourth-order valence-corrected chi connectivity index (χ4v) is 2.55. The highest BCUT2D eigenvalue weighted by Gasteiger charge is 2.26. The summed E-state index contributed by atoms with van der Waals surface area (Å²) in [5.41, 5.74) is 6.42. The molecule has 1 aromatic rings. The van der Waals surface area contributed by atoms with Crippen LogP contribution < -0.4 is 5.73 Å². The molecular formula is C13H18ClN3O. The molecule has 2 heterocycles. The number of rotatable bonds is 2. The van der Waals surface area contributed by atoms with Crippen LogP contribution in [0.25, 0.3) is 0 Å². The van der Waals surface area contributed by atoms with Gasteiger partial charge in [-0.2, -0.15) is 0 Å². The molecule has 98 valence electrons. The van der Waals surface area contributed by atoms with Gasteiger partial charge in [0.2, 0.25) is 0 Å². The summed E-state index contributed by atoms with van der Waals surface area (Å²) in [5.74, 6) is 0.507. The van der Waals surface area contributed by atoms with Crippen molar-refractivity contribution in [3.05, 3.63) is 29.0 Å². The van der Waals surface area contributed by atoms with E-state index in [-0.39, 0.29) is 11.9 Å². The molecule has 18 heavy (non-hydrogen) atoms. The number of likely N-dealkylation sites (tertiary alicyclic amines) is 1. The van der Waals surface area contributed by atoms with E-state index in [1.165, 1.54) is 6.20 Å². The molecule has 0 radical (unpaired) electrons. The van der Waals surface area contributed by atoms with Crippen LogP contribution in [-0.2, 0) is 0 Å². The van der Waals surface area contributed by atoms with Crippen molar-refractivity contribution in [3.8, 4) is 0 Å². The van der Waals surface area contributed by atoms with Gasteiger partial charge in [0.05, 0.1) is 10.6 Å². The van der Waals surface area contributed by atoms with Crippen LogP contribution in [0.2, 0.25) is 5.02 Å². The molecule has 0 spiro atoms. The monoisotopic (exact) mass is 267 g/mol. The fraction of sp³-hybridized carbons (Fsp3) is 0.538. The van der Waals surface area contributed by atoms with Crippen molar-refractivity contribution in [2.24, 2.45) is 11.7 Å². The number of aromatic nitrogens is 1. The average molecular weight is 268 g/mol. The summed E-state index contributed by atoms with van der Waals surface area (Å²) in [6, 6.07) is 1.87. The van der Waals surface area contributed by atoms with Gasteiger partial charge in [0.1, 0.15) is 0 Å². The fourth-order valence-electron chi connectivity index (χ4n) is 2.35. The number of carbonyl (C=O) groups is 1. The highest BCUT2D eigenvalue weighted by Crippen LogP contribution is 2.23. The Morgan fingerprint density at radius 1 is 1.56 bits per heavy atom. The van der Waals surface area contributed by atoms with Crippen LogP contribution in [0.1, 0.15) is 30.1 Å². The molecule has 5 heteroatoms. The normalized spacial score (nSPS) is 18.7. The van der Waals surface area contributed by atoms with Gasteiger partial charge in [-0.3, -0.25) is 9.78 Å². The third-order valence-corrected chi connectivity index (χ3v) is 3.87. The second-order valence-corrected chi connectivity index (χ2v) is 5.25. The van der Waals surface area contributed by atoms with Crippen LogP contribution >= 0.6 is 11.6 Å². The van der Waals surface area contributed by atoms with Gasteiger partial charge in [-0.1, -0.05) is 11.6 Å². The first-order chi connectivity index (χ1) is 8.59. The van der Waals surface area contributed by atoms with Crippen molar-refractivity contribution in [1.82, 2.24) is 9.88 Å². The molecule has 0 bridgehead atoms. The summed E-state index contributed by atoms with van der Waals surface area (Å²) in [7, 11) is 0. The first kappa shape index (κ1) is 13.3. The summed E-state index contributed by atoms with van der Waals surface area (Å²) in [5, 5.41) is 0.414. The number of hydrogen-bond donors (Lipinski definition) is 1. The van der Waals surface area contributed by atoms with Crippen LogP contribution in [-0.4, -0.2) is 34.9 Å². The minimum Gasteiger partial charge on any atom is -0.339 e. The SMILES string of the molecule is CC(N)C1CCN(C(=O)c2ccncc2Cl)CC1. The molecule has 1 unspecified atom stereocenters. The molecule has 1 saturated heterocycles. The van der Waals surface area contributed by atoms with Crippen LogP contribution in [0.5, 0.6) is 0 Å². The van der Waals surface area contributed by atoms with Crippen LogP contribution in [0, 0.1) is 5.92 Å². The lowest BCUT2D eigenvalue weighted by molar-refractivity contribution is 0.0681. The van der Waals surface area contributed by atoms with Gasteiger partial charge in [-0.25, -0.2) is 0 Å². The molecule has 0 aliphatic carbocycles. The van der Waals surface area contributed by atoms with Gasteiger partial charge < -0.3 is 10.6 Å². The van der Waals surface area contributed by atoms with E-state index in [4.69, 9.17) is 17.3 Å². The number of piperidine rings is 1. The first-order valence-corrected chi connectivity index (χ1v) is 6.61. The zero-order valence-corrected chi connectivity index (χ0v) is 11.2. The molecule has 1 fully saturated rings. The summed E-state index contributed by atoms with van der Waals surface area (Å²) < 4.78 is 0. The van der Waals surface area contributed by atoms with E-state index >= 15 is 0 Å². The zero-order chi connectivity index (χ0) is 13.1. The number of nitrogens with two attached hydrogens (primary N) is 1. The van der Waals surface area contributed by atoms with E-state index in [1.54, 1.807) is 12.3 Å². The first-order valence-electron chi connectivity index (χ1n) is 6.24. The van der Waals surface area contributed by atoms with E-state index in [2.05, 4.69) is 4.98 Å². The van der Waals surface area contributed by atoms with Crippen molar-refractivity contribution >= 4 is 17.5 Å². The van der Waals surface area contributed by atoms with E-state index < -0.39 is 0 Å². The van der Waals surface area contributed by atoms with Crippen LogP contribution in [0.3, 0.4) is 0 Å². The van der Waals surface area contributed by atoms with Crippen molar-refractivity contribution < 1.29 is 4.79 Å². The topological polar surface area (TPSA) is 59.2 Å². The molecule has 1 amide bonds. The van der Waals surface area contributed by atoms with E-state index in [0.29, 0.717) is 16.5 Å². The summed E-state index contributed by atoms with van der Waals surface area (Å²) >= 11 is 5.99. The minimum atomic E-state index is -0.00877. The molecule has 0 saturated carbocycles. The van der Waals surface area contributed by atoms with E-state index in [0.717, 1.165) is 25.9 Å². The van der Waals surface area contributed by atoms with Crippen LogP contribution in [0.4, 0.5) is 0 Å². The Kier molecular flexibility index (Phi) is 4.19. The Morgan fingerprint density at radius 2 is 2.22 bits per heavy atom. The number of amides is 1. The number of nitrogens with zero attached hydrogens (tertiary/aromatic N) is 2. The van der Waals surface area contributed by atoms with E-state index in [1.807, 2.05) is 11.8 Å². The lowest BCUT2D eigenvalue weighted by atomic mass is 9.91. The molecule has 2 N–H and O–H groups in total. The van der Waals surface area contributed by atoms with Gasteiger partial charge in [0.15, 0.2) is 0 Å². The highest BCUT2D eigenvalue weighted by molar-refractivity contribution is 6.33. The third kappa shape index (κ3) is 2.82. The number of pyridine rings is 1. The highest BCUT2D eigenvalue weighted by atomic mass is 35.5. The van der Waals surface area contributed by atoms with Crippen molar-refractivity contribution in [3.63, 3.8) is 0 Å². The van der Waals surface area contributed by atoms with Gasteiger partial charge in [-0.15, -0.1) is 0 Å². The Morgan fingerprint density at radius 3 is 2.78 bits per heavy atom. The smallest absolute Gasteiger partial charge is 0.255 e. The summed E-state index contributed by atoms with van der Waals surface area (Å²) in [4.78, 5) is 18.0. The lowest BCUT2D eigenvalue weighted by Crippen LogP contribution is -2.42. The largest absolute Gasteiger partial charge is 0.339 e. The van der Waals surface area contributed by atoms with Crippen molar-refractivity contribution in [2.45, 2.75) is 25.8 Å². The van der Waals surface area contributed by atoms with Gasteiger partial charge in [0, 0.05) is 31.5 Å². The zero-order valence-electron chi connectivity index (χ0n) is 10.5. The molecule has 1 aliphatic rings. The standard InChI is InChI=1S/C13H18ClN3O/c1-9(15)10-3-6-17(7-4-10)13(18)11-2-5-16-8-12(11)14/h2,5,8-10H,3-4,6-7,15H2,1H3. The predicted octanol–water partition coefficient (Wildman–Crippen LogP) is 1.93. The molecule has 4 nitrogen and oxygen atoms in total. The maximum absolute atomic E-state index is 12.3. The Balaban J connectivity index is 2.02. The second-order valence-electron chi connectivity index (χ2n) is 4.84. The summed E-state index contributed by atoms with van der Waals surface area (Å²) in [6.07, 6.45) is 5.02. The maximum atomic E-state index is 12.3. The number of halogens is 1. The Hall–Kier alpha value is -1.13. The molecule has 1 aliphatic heterocycles. The van der Waals surface area contributed by atoms with Crippen molar-refractivity contribution in [1.29, 1.82) is 0 Å². The molecule has 2 rings (SSSR count). The maximum Gasteiger partial charge on any atom is 0.255 e. The quantitative estimate of drug-likeness (QED) is 0.891. The average Bonchev–Trinajstić information content (AvgIpc) is 2.38. The van der Waals surface area contributed by atoms with Gasteiger partial charge >= 0.3 is 0 Å². The molecular weight excluding hydrogens is 250 g/mol. The second kappa shape index (κ2) is 5.67. The van der Waals surface area contributed by atoms with Crippen LogP contribution in [0.15, 0.2) is 18.5 Å². The Bertz CT molecular complexity index is 428. The van der Waals surface area contributed by atoms with Gasteiger partial charge in [-0.05, 0) is 31.7 Å². The summed E-state index contributed by atoms with van der Waals surface area (Å²) in [6.45, 7) is 3.54. The van der Waals surface area contributed by atoms with E-state index in [9.17, 15) is 4.79 Å². The number of hydrogen-bond acceptors (Lipinski definition) is 3. The third-order valence-electron chi connectivity index (χ3n) is 3.57. The minimum absolute atomic E-state index is 0.00877. The lowest BCUT2D eigenvalue weighted by Gasteiger charge is -2.33. The molecule has 0 aromatic carbocycles. The Labute approximate surface area is 112 Å². The number of carbonyl (C=O) groups excluding carboxylic acids is 1. The van der Waals surface area contributed by atoms with Gasteiger partial charge in [0.25, 0.3) is 5.91 Å². The van der Waals surface area contributed by atoms with Crippen molar-refractivity contribution in [2.75, 3.05) is 13.1 Å².